The minimum absolute atomic E-state index is 0.00223. The van der Waals surface area contributed by atoms with Crippen LogP contribution in [0.5, 0.6) is 5.75 Å². The van der Waals surface area contributed by atoms with E-state index >= 15 is 0 Å². The van der Waals surface area contributed by atoms with Crippen molar-refractivity contribution in [2.45, 2.75) is 39.1 Å². The number of benzene rings is 3. The van der Waals surface area contributed by atoms with Gasteiger partial charge in [0.15, 0.2) is 0 Å². The Hall–Kier alpha value is -4.08. The number of carboxylic acid groups (broad SMARTS) is 1. The summed E-state index contributed by atoms with van der Waals surface area (Å²) in [5, 5.41) is 11.6. The van der Waals surface area contributed by atoms with E-state index in [0.29, 0.717) is 35.6 Å². The highest BCUT2D eigenvalue weighted by molar-refractivity contribution is 5.73. The molecule has 0 saturated carbocycles. The first-order valence-electron chi connectivity index (χ1n) is 11.4. The summed E-state index contributed by atoms with van der Waals surface area (Å²) < 4.78 is 62.9. The Morgan fingerprint density at radius 3 is 2.43 bits per heavy atom. The van der Waals surface area contributed by atoms with Gasteiger partial charge >= 0.3 is 18.2 Å². The smallest absolute Gasteiger partial charge is 0.419 e. The molecule has 0 spiro atoms. The number of alkyl carbamates (subject to hydrolysis) is 1. The fourth-order valence-corrected chi connectivity index (χ4v) is 3.53. The zero-order chi connectivity index (χ0) is 27.0. The van der Waals surface area contributed by atoms with E-state index in [4.69, 9.17) is 14.6 Å². The van der Waals surface area contributed by atoms with Gasteiger partial charge < -0.3 is 19.9 Å². The molecule has 0 fully saturated rings. The zero-order valence-corrected chi connectivity index (χ0v) is 19.9. The van der Waals surface area contributed by atoms with Gasteiger partial charge in [-0.15, -0.1) is 0 Å². The van der Waals surface area contributed by atoms with Gasteiger partial charge in [0.25, 0.3) is 0 Å². The Bertz CT molecular complexity index is 1260. The molecule has 2 N–H and O–H groups in total. The molecule has 0 heterocycles. The van der Waals surface area contributed by atoms with E-state index in [-0.39, 0.29) is 18.5 Å². The maximum Gasteiger partial charge on any atom is 0.419 e. The number of carboxylic acids is 1. The van der Waals surface area contributed by atoms with E-state index in [2.05, 4.69) is 5.32 Å². The van der Waals surface area contributed by atoms with Crippen LogP contribution < -0.4 is 10.1 Å². The van der Waals surface area contributed by atoms with Crippen LogP contribution in [0.15, 0.2) is 60.7 Å². The molecule has 196 valence electrons. The standard InChI is InChI=1S/C27H25F4NO5/c1-2-10-36-24-9-7-20(19-5-3-4-17(11-19)13-25(33)34)14-21(24)15-32-26(35)37-16-18-6-8-23(28)22(12-18)27(29,30)31/h3-9,11-12,14H,2,10,13,15-16H2,1H3,(H,32,35)(H,33,34). The molecule has 0 saturated heterocycles. The van der Waals surface area contributed by atoms with E-state index in [0.717, 1.165) is 23.6 Å². The molecule has 10 heteroatoms. The van der Waals surface area contributed by atoms with Crippen LogP contribution >= 0.6 is 0 Å². The van der Waals surface area contributed by atoms with Crippen LogP contribution in [0.3, 0.4) is 0 Å². The molecule has 6 nitrogen and oxygen atoms in total. The second kappa shape index (κ2) is 12.2. The lowest BCUT2D eigenvalue weighted by Gasteiger charge is -2.15. The number of alkyl halides is 3. The molecule has 0 aliphatic rings. The number of amides is 1. The maximum atomic E-state index is 13.5. The number of hydrogen-bond donors (Lipinski definition) is 2. The van der Waals surface area contributed by atoms with E-state index in [1.54, 1.807) is 30.3 Å². The van der Waals surface area contributed by atoms with Crippen LogP contribution in [0.2, 0.25) is 0 Å². The molecule has 1 amide bonds. The van der Waals surface area contributed by atoms with Crippen molar-refractivity contribution >= 4 is 12.1 Å². The SMILES string of the molecule is CCCOc1ccc(-c2cccc(CC(=O)O)c2)cc1CNC(=O)OCc1ccc(F)c(C(F)(F)F)c1. The highest BCUT2D eigenvalue weighted by Crippen LogP contribution is 2.32. The highest BCUT2D eigenvalue weighted by Gasteiger charge is 2.34. The van der Waals surface area contributed by atoms with Crippen LogP contribution in [-0.4, -0.2) is 23.8 Å². The van der Waals surface area contributed by atoms with Gasteiger partial charge in [-0.05, 0) is 52.9 Å². The van der Waals surface area contributed by atoms with Crippen molar-refractivity contribution in [3.8, 4) is 16.9 Å². The molecule has 0 atom stereocenters. The van der Waals surface area contributed by atoms with Crippen molar-refractivity contribution < 1.29 is 41.7 Å². The average molecular weight is 519 g/mol. The lowest BCUT2D eigenvalue weighted by Crippen LogP contribution is -2.24. The van der Waals surface area contributed by atoms with Crippen molar-refractivity contribution in [3.05, 3.63) is 88.7 Å². The predicted octanol–water partition coefficient (Wildman–Crippen LogP) is 6.35. The Balaban J connectivity index is 1.71. The molecule has 0 radical (unpaired) electrons. The summed E-state index contributed by atoms with van der Waals surface area (Å²) in [5.41, 5.74) is 1.35. The minimum Gasteiger partial charge on any atom is -0.493 e. The van der Waals surface area contributed by atoms with Crippen LogP contribution in [0.4, 0.5) is 22.4 Å². The highest BCUT2D eigenvalue weighted by atomic mass is 19.4. The number of rotatable bonds is 10. The van der Waals surface area contributed by atoms with Crippen molar-refractivity contribution in [1.82, 2.24) is 5.32 Å². The summed E-state index contributed by atoms with van der Waals surface area (Å²) >= 11 is 0. The Morgan fingerprint density at radius 2 is 1.73 bits per heavy atom. The van der Waals surface area contributed by atoms with E-state index in [1.165, 1.54) is 0 Å². The van der Waals surface area contributed by atoms with Crippen molar-refractivity contribution in [3.63, 3.8) is 0 Å². The van der Waals surface area contributed by atoms with Crippen LogP contribution in [0.1, 0.15) is 35.6 Å². The minimum atomic E-state index is -4.87. The number of nitrogens with one attached hydrogen (secondary N) is 1. The predicted molar refractivity (Wildman–Crippen MR) is 127 cm³/mol. The molecule has 0 aliphatic heterocycles. The Kier molecular flexibility index (Phi) is 9.10. The summed E-state index contributed by atoms with van der Waals surface area (Å²) in [6, 6.07) is 14.8. The summed E-state index contributed by atoms with van der Waals surface area (Å²) in [4.78, 5) is 23.3. The van der Waals surface area contributed by atoms with Gasteiger partial charge in [-0.2, -0.15) is 13.2 Å². The first-order valence-corrected chi connectivity index (χ1v) is 11.4. The fraction of sp³-hybridized carbons (Fsp3) is 0.259. The third-order valence-electron chi connectivity index (χ3n) is 5.27. The third-order valence-corrected chi connectivity index (χ3v) is 5.27. The van der Waals surface area contributed by atoms with Gasteiger partial charge in [-0.3, -0.25) is 4.79 Å². The molecule has 0 unspecified atom stereocenters. The number of hydrogen-bond acceptors (Lipinski definition) is 4. The first-order chi connectivity index (χ1) is 17.6. The largest absolute Gasteiger partial charge is 0.493 e. The van der Waals surface area contributed by atoms with Crippen LogP contribution in [0, 0.1) is 5.82 Å². The molecule has 37 heavy (non-hydrogen) atoms. The second-order valence-corrected chi connectivity index (χ2v) is 8.18. The van der Waals surface area contributed by atoms with Gasteiger partial charge in [-0.25, -0.2) is 9.18 Å². The number of carbonyl (C=O) groups is 2. The molecule has 3 rings (SSSR count). The fourth-order valence-electron chi connectivity index (χ4n) is 3.53. The number of halogens is 4. The van der Waals surface area contributed by atoms with Crippen LogP contribution in [0.25, 0.3) is 11.1 Å². The lowest BCUT2D eigenvalue weighted by molar-refractivity contribution is -0.140. The quantitative estimate of drug-likeness (QED) is 0.305. The molecule has 0 bridgehead atoms. The summed E-state index contributed by atoms with van der Waals surface area (Å²) in [7, 11) is 0. The van der Waals surface area contributed by atoms with Gasteiger partial charge in [0.05, 0.1) is 18.6 Å². The average Bonchev–Trinajstić information content (AvgIpc) is 2.85. The Labute approximate surface area is 210 Å². The first kappa shape index (κ1) is 27.5. The Morgan fingerprint density at radius 1 is 0.973 bits per heavy atom. The van der Waals surface area contributed by atoms with E-state index in [1.807, 2.05) is 19.1 Å². The van der Waals surface area contributed by atoms with E-state index < -0.39 is 36.2 Å². The van der Waals surface area contributed by atoms with Crippen molar-refractivity contribution in [2.75, 3.05) is 6.61 Å². The summed E-state index contributed by atoms with van der Waals surface area (Å²) in [6.07, 6.45) is -5.11. The summed E-state index contributed by atoms with van der Waals surface area (Å²) in [6.45, 7) is 1.90. The zero-order valence-electron chi connectivity index (χ0n) is 19.9. The third kappa shape index (κ3) is 7.96. The molecule has 3 aromatic rings. The van der Waals surface area contributed by atoms with Crippen molar-refractivity contribution in [2.24, 2.45) is 0 Å². The summed E-state index contributed by atoms with van der Waals surface area (Å²) in [5.74, 6) is -1.83. The van der Waals surface area contributed by atoms with E-state index in [9.17, 15) is 27.2 Å². The lowest BCUT2D eigenvalue weighted by atomic mass is 9.99. The molecular formula is C27H25F4NO5. The van der Waals surface area contributed by atoms with Gasteiger partial charge in [0.2, 0.25) is 0 Å². The van der Waals surface area contributed by atoms with Crippen LogP contribution in [-0.2, 0) is 35.3 Å². The number of aliphatic carboxylic acids is 1. The molecule has 0 aromatic heterocycles. The topological polar surface area (TPSA) is 84.9 Å². The van der Waals surface area contributed by atoms with Gasteiger partial charge in [-0.1, -0.05) is 43.3 Å². The van der Waals surface area contributed by atoms with Gasteiger partial charge in [0, 0.05) is 12.1 Å². The number of carbonyl (C=O) groups excluding carboxylic acids is 1. The second-order valence-electron chi connectivity index (χ2n) is 8.18. The molecule has 0 aliphatic carbocycles. The molecule has 3 aromatic carbocycles. The monoisotopic (exact) mass is 519 g/mol. The van der Waals surface area contributed by atoms with Crippen molar-refractivity contribution in [1.29, 1.82) is 0 Å². The van der Waals surface area contributed by atoms with Gasteiger partial charge in [0.1, 0.15) is 18.2 Å². The normalized spacial score (nSPS) is 11.2. The maximum absolute atomic E-state index is 13.5. The molecular weight excluding hydrogens is 494 g/mol. The number of ether oxygens (including phenoxy) is 2.